The molecule has 1 aromatic rings. The van der Waals surface area contributed by atoms with Gasteiger partial charge in [0.05, 0.1) is 6.04 Å². The smallest absolute Gasteiger partial charge is 0.347 e. The molecule has 0 aromatic heterocycles. The number of carbonyl (C=O) groups is 1. The lowest BCUT2D eigenvalue weighted by molar-refractivity contribution is -0.188. The van der Waals surface area contributed by atoms with Crippen LogP contribution in [0.2, 0.25) is 5.02 Å². The number of rotatable bonds is 4. The molecule has 0 saturated heterocycles. The van der Waals surface area contributed by atoms with Crippen LogP contribution in [0.25, 0.3) is 0 Å². The van der Waals surface area contributed by atoms with Crippen LogP contribution in [0.4, 0.5) is 13.2 Å². The second-order valence-corrected chi connectivity index (χ2v) is 5.88. The molecule has 0 radical (unpaired) electrons. The van der Waals surface area contributed by atoms with E-state index in [0.717, 1.165) is 0 Å². The van der Waals surface area contributed by atoms with Gasteiger partial charge < -0.3 is 11.1 Å². The van der Waals surface area contributed by atoms with Crippen molar-refractivity contribution in [2.24, 2.45) is 11.7 Å². The van der Waals surface area contributed by atoms with Crippen LogP contribution in [-0.2, 0) is 4.79 Å². The van der Waals surface area contributed by atoms with E-state index >= 15 is 0 Å². The van der Waals surface area contributed by atoms with Gasteiger partial charge in [0.15, 0.2) is 5.54 Å². The maximum atomic E-state index is 12.8. The van der Waals surface area contributed by atoms with E-state index in [2.05, 4.69) is 5.32 Å². The number of hydrogen-bond donors (Lipinski definition) is 2. The molecule has 1 aromatic carbocycles. The lowest BCUT2D eigenvalue weighted by Crippen LogP contribution is -2.62. The molecule has 7 heteroatoms. The first-order chi connectivity index (χ1) is 9.46. The van der Waals surface area contributed by atoms with Crippen LogP contribution in [0.15, 0.2) is 24.3 Å². The molecule has 0 bridgehead atoms. The Morgan fingerprint density at radius 1 is 1.24 bits per heavy atom. The Labute approximate surface area is 126 Å². The molecular weight excluding hydrogens is 305 g/mol. The summed E-state index contributed by atoms with van der Waals surface area (Å²) in [5.41, 5.74) is 2.86. The van der Waals surface area contributed by atoms with Gasteiger partial charge in [0.1, 0.15) is 0 Å². The Hall–Kier alpha value is -1.27. The predicted octanol–water partition coefficient (Wildman–Crippen LogP) is 3.43. The van der Waals surface area contributed by atoms with Crippen molar-refractivity contribution in [2.45, 2.75) is 38.5 Å². The van der Waals surface area contributed by atoms with Gasteiger partial charge in [-0.1, -0.05) is 37.6 Å². The van der Waals surface area contributed by atoms with E-state index < -0.39 is 23.7 Å². The average molecular weight is 323 g/mol. The lowest BCUT2D eigenvalue weighted by atomic mass is 9.94. The summed E-state index contributed by atoms with van der Waals surface area (Å²) in [6.07, 6.45) is -4.82. The van der Waals surface area contributed by atoms with Crippen LogP contribution in [0.1, 0.15) is 32.4 Å². The fourth-order valence-electron chi connectivity index (χ4n) is 1.72. The standard InChI is InChI=1S/C14H18ClF3N2O/c1-8(2)11(9-4-6-10(15)7-5-9)20-12(21)13(3,19)14(16,17)18/h4-8,11H,19H2,1-3H3,(H,20,21). The highest BCUT2D eigenvalue weighted by atomic mass is 35.5. The summed E-state index contributed by atoms with van der Waals surface area (Å²) in [4.78, 5) is 11.9. The van der Waals surface area contributed by atoms with E-state index in [-0.39, 0.29) is 5.92 Å². The van der Waals surface area contributed by atoms with E-state index in [1.54, 1.807) is 38.1 Å². The SMILES string of the molecule is CC(C)C(NC(=O)C(C)(N)C(F)(F)F)c1ccc(Cl)cc1. The summed E-state index contributed by atoms with van der Waals surface area (Å²) >= 11 is 5.78. The van der Waals surface area contributed by atoms with Gasteiger partial charge >= 0.3 is 6.18 Å². The molecule has 0 fully saturated rings. The van der Waals surface area contributed by atoms with E-state index in [0.29, 0.717) is 17.5 Å². The molecule has 0 aliphatic carbocycles. The fraction of sp³-hybridized carbons (Fsp3) is 0.500. The van der Waals surface area contributed by atoms with Gasteiger partial charge in [-0.2, -0.15) is 13.2 Å². The summed E-state index contributed by atoms with van der Waals surface area (Å²) in [5, 5.41) is 2.88. The number of benzene rings is 1. The number of carbonyl (C=O) groups excluding carboxylic acids is 1. The summed E-state index contributed by atoms with van der Waals surface area (Å²) in [6, 6.07) is 5.97. The summed E-state index contributed by atoms with van der Waals surface area (Å²) in [5.74, 6) is -1.37. The molecular formula is C14H18ClF3N2O. The van der Waals surface area contributed by atoms with Gasteiger partial charge in [-0.25, -0.2) is 0 Å². The quantitative estimate of drug-likeness (QED) is 0.892. The van der Waals surface area contributed by atoms with Crippen LogP contribution in [-0.4, -0.2) is 17.6 Å². The van der Waals surface area contributed by atoms with Crippen molar-refractivity contribution < 1.29 is 18.0 Å². The summed E-state index contributed by atoms with van der Waals surface area (Å²) < 4.78 is 38.4. The van der Waals surface area contributed by atoms with Crippen molar-refractivity contribution in [3.63, 3.8) is 0 Å². The van der Waals surface area contributed by atoms with E-state index in [9.17, 15) is 18.0 Å². The predicted molar refractivity (Wildman–Crippen MR) is 75.8 cm³/mol. The monoisotopic (exact) mass is 322 g/mol. The van der Waals surface area contributed by atoms with E-state index in [4.69, 9.17) is 17.3 Å². The maximum absolute atomic E-state index is 12.8. The number of nitrogens with two attached hydrogens (primary N) is 1. The minimum Gasteiger partial charge on any atom is -0.347 e. The normalized spacial score (nSPS) is 16.4. The third-order valence-corrected chi connectivity index (χ3v) is 3.49. The van der Waals surface area contributed by atoms with Crippen LogP contribution >= 0.6 is 11.6 Å². The molecule has 0 spiro atoms. The molecule has 3 N–H and O–H groups in total. The van der Waals surface area contributed by atoms with Crippen molar-refractivity contribution in [3.05, 3.63) is 34.9 Å². The van der Waals surface area contributed by atoms with Gasteiger partial charge in [0.25, 0.3) is 0 Å². The minimum atomic E-state index is -4.82. The molecule has 1 amide bonds. The minimum absolute atomic E-state index is 0.112. The van der Waals surface area contributed by atoms with Gasteiger partial charge in [-0.3, -0.25) is 4.79 Å². The fourth-order valence-corrected chi connectivity index (χ4v) is 1.85. The van der Waals surface area contributed by atoms with Gasteiger partial charge in [0, 0.05) is 5.02 Å². The molecule has 0 heterocycles. The summed E-state index contributed by atoms with van der Waals surface area (Å²) in [6.45, 7) is 4.24. The van der Waals surface area contributed by atoms with Gasteiger partial charge in [0.2, 0.25) is 5.91 Å². The van der Waals surface area contributed by atoms with Crippen molar-refractivity contribution in [1.29, 1.82) is 0 Å². The van der Waals surface area contributed by atoms with Crippen molar-refractivity contribution in [2.75, 3.05) is 0 Å². The average Bonchev–Trinajstić information content (AvgIpc) is 2.35. The van der Waals surface area contributed by atoms with Gasteiger partial charge in [-0.15, -0.1) is 0 Å². The summed E-state index contributed by atoms with van der Waals surface area (Å²) in [7, 11) is 0. The van der Waals surface area contributed by atoms with E-state index in [1.165, 1.54) is 0 Å². The van der Waals surface area contributed by atoms with Crippen molar-refractivity contribution >= 4 is 17.5 Å². The van der Waals surface area contributed by atoms with Crippen molar-refractivity contribution in [3.8, 4) is 0 Å². The second-order valence-electron chi connectivity index (χ2n) is 5.45. The molecule has 2 unspecified atom stereocenters. The first-order valence-corrected chi connectivity index (χ1v) is 6.76. The lowest BCUT2D eigenvalue weighted by Gasteiger charge is -2.30. The Morgan fingerprint density at radius 3 is 2.10 bits per heavy atom. The number of amides is 1. The third-order valence-electron chi connectivity index (χ3n) is 3.24. The Bertz CT molecular complexity index is 498. The number of halogens is 4. The van der Waals surface area contributed by atoms with Crippen LogP contribution in [0, 0.1) is 5.92 Å². The third kappa shape index (κ3) is 4.11. The Kier molecular flexibility index (Phi) is 5.28. The molecule has 0 aliphatic heterocycles. The molecule has 21 heavy (non-hydrogen) atoms. The molecule has 0 aliphatic rings. The zero-order chi connectivity index (χ0) is 16.4. The zero-order valence-corrected chi connectivity index (χ0v) is 12.7. The topological polar surface area (TPSA) is 55.1 Å². The zero-order valence-electron chi connectivity index (χ0n) is 12.0. The first kappa shape index (κ1) is 17.8. The van der Waals surface area contributed by atoms with Crippen LogP contribution < -0.4 is 11.1 Å². The second kappa shape index (κ2) is 6.23. The Balaban J connectivity index is 3.00. The molecule has 3 nitrogen and oxygen atoms in total. The highest BCUT2D eigenvalue weighted by Gasteiger charge is 2.54. The first-order valence-electron chi connectivity index (χ1n) is 6.39. The molecule has 2 atom stereocenters. The Morgan fingerprint density at radius 2 is 1.71 bits per heavy atom. The molecule has 0 saturated carbocycles. The van der Waals surface area contributed by atoms with Crippen molar-refractivity contribution in [1.82, 2.24) is 5.32 Å². The van der Waals surface area contributed by atoms with Gasteiger partial charge in [-0.05, 0) is 30.5 Å². The molecule has 1 rings (SSSR count). The maximum Gasteiger partial charge on any atom is 0.415 e. The number of hydrogen-bond acceptors (Lipinski definition) is 2. The highest BCUT2D eigenvalue weighted by molar-refractivity contribution is 6.30. The van der Waals surface area contributed by atoms with E-state index in [1.807, 2.05) is 0 Å². The number of nitrogens with one attached hydrogen (secondary N) is 1. The van der Waals surface area contributed by atoms with Crippen LogP contribution in [0.5, 0.6) is 0 Å². The van der Waals surface area contributed by atoms with Crippen LogP contribution in [0.3, 0.4) is 0 Å². The highest BCUT2D eigenvalue weighted by Crippen LogP contribution is 2.30. The largest absolute Gasteiger partial charge is 0.415 e. The molecule has 118 valence electrons. The number of alkyl halides is 3.